The molecule has 0 aliphatic carbocycles. The molecule has 0 aliphatic rings. The number of ether oxygens (including phenoxy) is 3. The molecular weight excluding hydrogens is 581 g/mol. The largest absolute Gasteiger partial charge is 0.510 e. The minimum absolute atomic E-state index is 0.0378. The zero-order valence-corrected chi connectivity index (χ0v) is 26.8. The van der Waals surface area contributed by atoms with Crippen LogP contribution >= 0.6 is 8.03 Å². The fraction of sp³-hybridized carbons (Fsp3) is 0.621. The summed E-state index contributed by atoms with van der Waals surface area (Å²) in [7, 11) is -2.35. The summed E-state index contributed by atoms with van der Waals surface area (Å²) in [6, 6.07) is 6.03. The molecule has 0 bridgehead atoms. The van der Waals surface area contributed by atoms with Gasteiger partial charge in [-0.2, -0.15) is 0 Å². The van der Waals surface area contributed by atoms with E-state index in [-0.39, 0.29) is 18.9 Å². The van der Waals surface area contributed by atoms with Gasteiger partial charge in [0.25, 0.3) is 0 Å². The Hall–Kier alpha value is -3.44. The van der Waals surface area contributed by atoms with E-state index in [1.807, 2.05) is 51.1 Å². The number of hydrogen-bond donors (Lipinski definition) is 3. The van der Waals surface area contributed by atoms with E-state index in [1.54, 1.807) is 0 Å². The van der Waals surface area contributed by atoms with Crippen LogP contribution in [0.1, 0.15) is 65.9 Å². The third-order valence-corrected chi connectivity index (χ3v) is 6.61. The Morgan fingerprint density at radius 2 is 1.56 bits per heavy atom. The molecule has 1 rings (SSSR count). The molecule has 1 aromatic rings. The zero-order valence-electron chi connectivity index (χ0n) is 25.8. The van der Waals surface area contributed by atoms with Crippen LogP contribution in [0.2, 0.25) is 0 Å². The van der Waals surface area contributed by atoms with Crippen LogP contribution in [0.25, 0.3) is 0 Å². The molecular formula is C29H46N3O10P. The lowest BCUT2D eigenvalue weighted by Gasteiger charge is -2.28. The Kier molecular flexibility index (Phi) is 17.9. The van der Waals surface area contributed by atoms with Crippen LogP contribution in [0.4, 0.5) is 4.79 Å². The standard InChI is InChI=1S/C29H46N3O10P/c1-7-8-16-39-28(36)25(20(4)42-29(37)40-18-41-43(6)38)32-27(35)24(17-19(2)3)31-26(34)23(30-21(5)33)15-14-22-12-10-9-11-13-22/h9-13,19-20,23-25,43H,7-8,14-18H2,1-6H3,(H,30,33)(H,31,34)(H,32,35)/t20-,23+,24+,25+/m1/s1. The summed E-state index contributed by atoms with van der Waals surface area (Å²) < 4.78 is 30.9. The second-order valence-electron chi connectivity index (χ2n) is 10.4. The molecule has 0 saturated carbocycles. The molecule has 0 saturated heterocycles. The Morgan fingerprint density at radius 1 is 0.907 bits per heavy atom. The monoisotopic (exact) mass is 627 g/mol. The Balaban J connectivity index is 3.07. The number of esters is 1. The van der Waals surface area contributed by atoms with Crippen molar-refractivity contribution in [3.05, 3.63) is 35.9 Å². The van der Waals surface area contributed by atoms with Crippen molar-refractivity contribution < 1.29 is 47.3 Å². The lowest BCUT2D eigenvalue weighted by atomic mass is 10.0. The summed E-state index contributed by atoms with van der Waals surface area (Å²) in [4.78, 5) is 63.7. The fourth-order valence-electron chi connectivity index (χ4n) is 3.89. The van der Waals surface area contributed by atoms with Crippen molar-refractivity contribution in [2.45, 2.75) is 91.0 Å². The van der Waals surface area contributed by atoms with E-state index >= 15 is 0 Å². The quantitative estimate of drug-likeness (QED) is 0.0894. The first-order valence-corrected chi connectivity index (χ1v) is 16.2. The van der Waals surface area contributed by atoms with E-state index in [4.69, 9.17) is 18.7 Å². The number of unbranched alkanes of at least 4 members (excludes halogenated alkanes) is 1. The van der Waals surface area contributed by atoms with Gasteiger partial charge in [-0.3, -0.25) is 23.5 Å². The maximum Gasteiger partial charge on any atom is 0.510 e. The maximum absolute atomic E-state index is 13.5. The highest BCUT2D eigenvalue weighted by Gasteiger charge is 2.35. The highest BCUT2D eigenvalue weighted by atomic mass is 31.1. The van der Waals surface area contributed by atoms with E-state index in [2.05, 4.69) is 16.0 Å². The Morgan fingerprint density at radius 3 is 2.14 bits per heavy atom. The van der Waals surface area contributed by atoms with Gasteiger partial charge in [0.05, 0.1) is 6.61 Å². The van der Waals surface area contributed by atoms with Crippen molar-refractivity contribution in [2.75, 3.05) is 20.1 Å². The predicted molar refractivity (Wildman–Crippen MR) is 159 cm³/mol. The van der Waals surface area contributed by atoms with Gasteiger partial charge < -0.3 is 30.2 Å². The SMILES string of the molecule is CCCCOC(=O)[C@@H](NC(=O)[C@H](CC(C)C)NC(=O)[C@H](CCc1ccccc1)NC(C)=O)[C@@H](C)OC(=O)OCO[PH](C)=O. The van der Waals surface area contributed by atoms with Gasteiger partial charge in [0, 0.05) is 13.6 Å². The molecule has 43 heavy (non-hydrogen) atoms. The number of amides is 3. The fourth-order valence-corrected chi connectivity index (χ4v) is 4.11. The number of aryl methyl sites for hydroxylation is 1. The second kappa shape index (κ2) is 20.5. The topological polar surface area (TPSA) is 175 Å². The summed E-state index contributed by atoms with van der Waals surface area (Å²) in [6.45, 7) is 9.09. The molecule has 0 fully saturated rings. The predicted octanol–water partition coefficient (Wildman–Crippen LogP) is 3.10. The first-order valence-electron chi connectivity index (χ1n) is 14.4. The van der Waals surface area contributed by atoms with Crippen LogP contribution in [0.15, 0.2) is 30.3 Å². The number of nitrogens with one attached hydrogen (secondary N) is 3. The number of carbonyl (C=O) groups excluding carboxylic acids is 5. The Labute approximate surface area is 254 Å². The summed E-state index contributed by atoms with van der Waals surface area (Å²) >= 11 is 0. The van der Waals surface area contributed by atoms with Crippen molar-refractivity contribution in [3.63, 3.8) is 0 Å². The normalized spacial score (nSPS) is 14.4. The molecule has 0 aromatic heterocycles. The highest BCUT2D eigenvalue weighted by Crippen LogP contribution is 2.15. The van der Waals surface area contributed by atoms with Gasteiger partial charge in [-0.05, 0) is 44.1 Å². The molecule has 3 N–H and O–H groups in total. The van der Waals surface area contributed by atoms with Crippen LogP contribution < -0.4 is 16.0 Å². The van der Waals surface area contributed by atoms with E-state index in [1.165, 1.54) is 20.5 Å². The maximum atomic E-state index is 13.5. The summed E-state index contributed by atoms with van der Waals surface area (Å²) in [5.41, 5.74) is 0.981. The molecule has 0 heterocycles. The molecule has 13 nitrogen and oxygen atoms in total. The minimum atomic E-state index is -2.35. The number of benzene rings is 1. The third kappa shape index (κ3) is 16.1. The van der Waals surface area contributed by atoms with Gasteiger partial charge in [0.15, 0.2) is 14.1 Å². The van der Waals surface area contributed by atoms with E-state index in [0.717, 1.165) is 12.0 Å². The average molecular weight is 628 g/mol. The molecule has 14 heteroatoms. The van der Waals surface area contributed by atoms with Crippen LogP contribution in [0.3, 0.4) is 0 Å². The van der Waals surface area contributed by atoms with Crippen molar-refractivity contribution in [1.82, 2.24) is 16.0 Å². The summed E-state index contributed by atoms with van der Waals surface area (Å²) in [5, 5.41) is 7.90. The molecule has 5 atom stereocenters. The van der Waals surface area contributed by atoms with E-state index in [9.17, 15) is 28.5 Å². The number of rotatable bonds is 19. The highest BCUT2D eigenvalue weighted by molar-refractivity contribution is 7.38. The van der Waals surface area contributed by atoms with Crippen molar-refractivity contribution in [1.29, 1.82) is 0 Å². The van der Waals surface area contributed by atoms with Crippen molar-refractivity contribution >= 4 is 37.9 Å². The smallest absolute Gasteiger partial charge is 0.464 e. The third-order valence-electron chi connectivity index (χ3n) is 6.08. The molecule has 0 aliphatic heterocycles. The van der Waals surface area contributed by atoms with Crippen LogP contribution in [0.5, 0.6) is 0 Å². The molecule has 242 valence electrons. The first kappa shape index (κ1) is 37.6. The minimum Gasteiger partial charge on any atom is -0.464 e. The first-order chi connectivity index (χ1) is 20.3. The Bertz CT molecular complexity index is 1070. The zero-order chi connectivity index (χ0) is 32.4. The number of carbonyl (C=O) groups is 5. The summed E-state index contributed by atoms with van der Waals surface area (Å²) in [6.07, 6.45) is -0.0930. The van der Waals surface area contributed by atoms with Gasteiger partial charge in [-0.15, -0.1) is 0 Å². The number of hydrogen-bond acceptors (Lipinski definition) is 10. The van der Waals surface area contributed by atoms with Gasteiger partial charge in [0.1, 0.15) is 18.2 Å². The van der Waals surface area contributed by atoms with Crippen molar-refractivity contribution in [2.24, 2.45) is 5.92 Å². The van der Waals surface area contributed by atoms with Gasteiger partial charge >= 0.3 is 12.1 Å². The van der Waals surface area contributed by atoms with E-state index < -0.39 is 68.9 Å². The van der Waals surface area contributed by atoms with Gasteiger partial charge in [0.2, 0.25) is 24.5 Å². The molecule has 0 radical (unpaired) electrons. The molecule has 3 amide bonds. The molecule has 1 aromatic carbocycles. The molecule has 1 unspecified atom stereocenters. The van der Waals surface area contributed by atoms with E-state index in [0.29, 0.717) is 19.3 Å². The molecule has 0 spiro atoms. The van der Waals surface area contributed by atoms with Crippen molar-refractivity contribution in [3.8, 4) is 0 Å². The lowest BCUT2D eigenvalue weighted by Crippen LogP contribution is -2.58. The van der Waals surface area contributed by atoms with Gasteiger partial charge in [-0.25, -0.2) is 9.59 Å². The van der Waals surface area contributed by atoms with Gasteiger partial charge in [-0.1, -0.05) is 57.5 Å². The average Bonchev–Trinajstić information content (AvgIpc) is 2.93. The van der Waals surface area contributed by atoms with Crippen LogP contribution in [-0.2, 0) is 48.9 Å². The van der Waals surface area contributed by atoms with Crippen LogP contribution in [-0.4, -0.2) is 74.1 Å². The lowest BCUT2D eigenvalue weighted by molar-refractivity contribution is -0.152. The van der Waals surface area contributed by atoms with Crippen LogP contribution in [0, 0.1) is 5.92 Å². The summed E-state index contributed by atoms with van der Waals surface area (Å²) in [5.74, 6) is -2.55. The second-order valence-corrected chi connectivity index (χ2v) is 11.7.